The fourth-order valence-corrected chi connectivity index (χ4v) is 6.04. The first-order chi connectivity index (χ1) is 25.1. The average molecular weight is 740 g/mol. The van der Waals surface area contributed by atoms with Crippen molar-refractivity contribution in [2.75, 3.05) is 0 Å². The van der Waals surface area contributed by atoms with Crippen LogP contribution in [0.3, 0.4) is 0 Å². The molecule has 0 N–H and O–H groups in total. The lowest BCUT2D eigenvalue weighted by atomic mass is 9.82. The SMILES string of the molecule is C.CC.CC.CC.CC.CC1Oc2ccccc2C1(C)C.Cc1nc2ccccc2n1C.Cc1nc2ccccc2s1.Cc1oc2ccccc2c1C. The van der Waals surface area contributed by atoms with E-state index in [0.29, 0.717) is 0 Å². The van der Waals surface area contributed by atoms with Crippen molar-refractivity contribution in [3.8, 4) is 5.75 Å². The second kappa shape index (κ2) is 24.8. The number of aromatic nitrogens is 3. The van der Waals surface area contributed by atoms with Crippen LogP contribution in [0.25, 0.3) is 32.2 Å². The van der Waals surface area contributed by atoms with Gasteiger partial charge in [0.25, 0.3) is 0 Å². The van der Waals surface area contributed by atoms with Crippen molar-refractivity contribution in [2.45, 2.75) is 123 Å². The molecule has 0 spiro atoms. The van der Waals surface area contributed by atoms with Crippen LogP contribution in [-0.2, 0) is 12.5 Å². The number of hydrogen-bond acceptors (Lipinski definition) is 5. The van der Waals surface area contributed by atoms with E-state index in [1.54, 1.807) is 11.3 Å². The summed E-state index contributed by atoms with van der Waals surface area (Å²) >= 11 is 1.74. The van der Waals surface area contributed by atoms with Gasteiger partial charge in [0, 0.05) is 23.4 Å². The Morgan fingerprint density at radius 1 is 0.660 bits per heavy atom. The number of benzene rings is 4. The number of aryl methyl sites for hydroxylation is 5. The lowest BCUT2D eigenvalue weighted by molar-refractivity contribution is 0.185. The van der Waals surface area contributed by atoms with Gasteiger partial charge in [0.15, 0.2) is 0 Å². The Bertz CT molecular complexity index is 1900. The molecule has 0 amide bonds. The van der Waals surface area contributed by atoms with Gasteiger partial charge in [0.1, 0.15) is 29.0 Å². The monoisotopic (exact) mass is 740 g/mol. The Morgan fingerprint density at radius 3 is 1.77 bits per heavy atom. The summed E-state index contributed by atoms with van der Waals surface area (Å²) in [4.78, 5) is 8.71. The van der Waals surface area contributed by atoms with Crippen LogP contribution in [0.4, 0.5) is 0 Å². The summed E-state index contributed by atoms with van der Waals surface area (Å²) in [5.74, 6) is 3.13. The van der Waals surface area contributed by atoms with Crippen LogP contribution in [0.2, 0.25) is 0 Å². The fraction of sp³-hybridized carbons (Fsp3) is 0.404. The zero-order valence-corrected chi connectivity index (χ0v) is 35.7. The van der Waals surface area contributed by atoms with E-state index in [0.717, 1.165) is 39.0 Å². The highest BCUT2D eigenvalue weighted by molar-refractivity contribution is 7.18. The van der Waals surface area contributed by atoms with Crippen molar-refractivity contribution >= 4 is 43.6 Å². The first-order valence-corrected chi connectivity index (χ1v) is 19.8. The number of fused-ring (bicyclic) bond motifs is 4. The number of para-hydroxylation sites is 5. The predicted molar refractivity (Wildman–Crippen MR) is 237 cm³/mol. The number of imidazole rings is 1. The molecule has 0 bridgehead atoms. The van der Waals surface area contributed by atoms with E-state index in [4.69, 9.17) is 9.15 Å². The predicted octanol–water partition coefficient (Wildman–Crippen LogP) is 15.0. The van der Waals surface area contributed by atoms with E-state index in [2.05, 4.69) is 72.6 Å². The molecule has 3 aromatic heterocycles. The van der Waals surface area contributed by atoms with Gasteiger partial charge in [-0.15, -0.1) is 11.3 Å². The van der Waals surface area contributed by atoms with Gasteiger partial charge >= 0.3 is 0 Å². The molecular formula is C47H69N3O2S. The molecular weight excluding hydrogens is 671 g/mol. The molecule has 7 aromatic rings. The topological polar surface area (TPSA) is 53.1 Å². The van der Waals surface area contributed by atoms with Gasteiger partial charge in [-0.1, -0.05) is 137 Å². The zero-order chi connectivity index (χ0) is 39.4. The summed E-state index contributed by atoms with van der Waals surface area (Å²) in [5, 5.41) is 2.37. The molecule has 290 valence electrons. The van der Waals surface area contributed by atoms with Gasteiger partial charge in [-0.05, 0) is 76.6 Å². The van der Waals surface area contributed by atoms with E-state index >= 15 is 0 Å². The summed E-state index contributed by atoms with van der Waals surface area (Å²) in [5.41, 5.74) is 7.12. The number of rotatable bonds is 0. The lowest BCUT2D eigenvalue weighted by Crippen LogP contribution is -2.28. The molecule has 1 atom stereocenters. The number of nitrogens with zero attached hydrogens (tertiary/aromatic N) is 3. The van der Waals surface area contributed by atoms with Gasteiger partial charge in [-0.25, -0.2) is 9.97 Å². The van der Waals surface area contributed by atoms with Gasteiger partial charge in [-0.2, -0.15) is 0 Å². The molecule has 4 heterocycles. The third-order valence-corrected chi connectivity index (χ3v) is 9.35. The van der Waals surface area contributed by atoms with Crippen LogP contribution >= 0.6 is 11.3 Å². The van der Waals surface area contributed by atoms with Crippen molar-refractivity contribution in [1.82, 2.24) is 14.5 Å². The van der Waals surface area contributed by atoms with E-state index in [9.17, 15) is 0 Å². The highest BCUT2D eigenvalue weighted by atomic mass is 32.1. The van der Waals surface area contributed by atoms with Crippen molar-refractivity contribution in [1.29, 1.82) is 0 Å². The summed E-state index contributed by atoms with van der Waals surface area (Å²) in [6, 6.07) is 32.7. The number of ether oxygens (including phenoxy) is 1. The summed E-state index contributed by atoms with van der Waals surface area (Å²) in [6.45, 7) is 30.7. The van der Waals surface area contributed by atoms with Crippen molar-refractivity contribution in [3.63, 3.8) is 0 Å². The van der Waals surface area contributed by atoms with Crippen molar-refractivity contribution in [3.05, 3.63) is 125 Å². The molecule has 4 aromatic carbocycles. The summed E-state index contributed by atoms with van der Waals surface area (Å²) in [7, 11) is 2.03. The number of thiazole rings is 1. The Labute approximate surface area is 326 Å². The molecule has 8 rings (SSSR count). The normalized spacial score (nSPS) is 12.5. The molecule has 0 saturated heterocycles. The lowest BCUT2D eigenvalue weighted by Gasteiger charge is -2.21. The summed E-state index contributed by atoms with van der Waals surface area (Å²) in [6.07, 6.45) is 0.287. The van der Waals surface area contributed by atoms with E-state index in [-0.39, 0.29) is 18.9 Å². The van der Waals surface area contributed by atoms with Crippen LogP contribution in [0, 0.1) is 27.7 Å². The van der Waals surface area contributed by atoms with E-state index in [1.807, 2.05) is 150 Å². The molecule has 1 aliphatic rings. The van der Waals surface area contributed by atoms with Gasteiger partial charge in [0.05, 0.1) is 26.3 Å². The van der Waals surface area contributed by atoms with Gasteiger partial charge < -0.3 is 13.7 Å². The Balaban J connectivity index is 0.000000636. The highest BCUT2D eigenvalue weighted by Crippen LogP contribution is 2.42. The van der Waals surface area contributed by atoms with Gasteiger partial charge in [-0.3, -0.25) is 0 Å². The molecule has 6 heteroatoms. The third kappa shape index (κ3) is 12.9. The zero-order valence-electron chi connectivity index (χ0n) is 34.9. The average Bonchev–Trinajstić information content (AvgIpc) is 3.88. The molecule has 5 nitrogen and oxygen atoms in total. The van der Waals surface area contributed by atoms with Gasteiger partial charge in [0.2, 0.25) is 0 Å². The minimum atomic E-state index is 0. The second-order valence-electron chi connectivity index (χ2n) is 11.7. The first-order valence-electron chi connectivity index (χ1n) is 19.0. The first kappa shape index (κ1) is 48.6. The van der Waals surface area contributed by atoms with Crippen LogP contribution in [0.5, 0.6) is 5.75 Å². The highest BCUT2D eigenvalue weighted by Gasteiger charge is 2.37. The molecule has 0 fully saturated rings. The maximum atomic E-state index is 5.72. The molecule has 0 saturated carbocycles. The minimum Gasteiger partial charge on any atom is -0.490 e. The third-order valence-electron chi connectivity index (χ3n) is 8.40. The van der Waals surface area contributed by atoms with Crippen LogP contribution in [0.1, 0.15) is 111 Å². The number of furan rings is 1. The largest absolute Gasteiger partial charge is 0.490 e. The second-order valence-corrected chi connectivity index (χ2v) is 12.9. The standard InChI is InChI=1S/C11H14O.C10H10O.C9H10N2.C8H7NS.4C2H6.CH4/c1-8-11(2,3)9-6-4-5-7-10(9)12-8;1-7-8(2)11-10-6-4-3-5-9(7)10;1-7-10-8-5-3-4-6-9(8)11(7)2;1-6-9-7-4-2-3-5-8(7)10-6;4*1-2;/h4-8H,1-3H3;2*3-6H,1-2H3;2-5H,1H3;4*1-2H3;1H4. The quantitative estimate of drug-likeness (QED) is 0.155. The number of hydrogen-bond donors (Lipinski definition) is 0. The van der Waals surface area contributed by atoms with E-state index in [1.165, 1.54) is 26.7 Å². The fourth-order valence-electron chi connectivity index (χ4n) is 5.21. The molecule has 0 aliphatic carbocycles. The smallest absolute Gasteiger partial charge is 0.134 e. The van der Waals surface area contributed by atoms with Crippen molar-refractivity contribution < 1.29 is 9.15 Å². The molecule has 53 heavy (non-hydrogen) atoms. The van der Waals surface area contributed by atoms with Crippen LogP contribution < -0.4 is 4.74 Å². The molecule has 0 radical (unpaired) electrons. The maximum Gasteiger partial charge on any atom is 0.134 e. The molecule has 1 unspecified atom stereocenters. The van der Waals surface area contributed by atoms with Crippen LogP contribution in [-0.4, -0.2) is 20.6 Å². The Hall–Kier alpha value is -4.42. The van der Waals surface area contributed by atoms with Crippen LogP contribution in [0.15, 0.2) is 101 Å². The molecule has 1 aliphatic heterocycles. The maximum absolute atomic E-state index is 5.72. The summed E-state index contributed by atoms with van der Waals surface area (Å²) < 4.78 is 14.6. The minimum absolute atomic E-state index is 0. The van der Waals surface area contributed by atoms with Crippen molar-refractivity contribution in [2.24, 2.45) is 7.05 Å². The Kier molecular flexibility index (Phi) is 22.7. The van der Waals surface area contributed by atoms with E-state index < -0.39 is 0 Å². The Morgan fingerprint density at radius 2 is 1.19 bits per heavy atom.